The van der Waals surface area contributed by atoms with Gasteiger partial charge >= 0.3 is 0 Å². The van der Waals surface area contributed by atoms with Crippen molar-refractivity contribution < 1.29 is 9.59 Å². The summed E-state index contributed by atoms with van der Waals surface area (Å²) < 4.78 is 1.86. The van der Waals surface area contributed by atoms with E-state index in [1.54, 1.807) is 4.90 Å². The van der Waals surface area contributed by atoms with Crippen LogP contribution in [0.4, 0.5) is 5.82 Å². The molecule has 4 aromatic rings. The first-order valence-corrected chi connectivity index (χ1v) is 14.9. The van der Waals surface area contributed by atoms with Crippen LogP contribution in [0.5, 0.6) is 0 Å². The maximum Gasteiger partial charge on any atom is 0.240 e. The summed E-state index contributed by atoms with van der Waals surface area (Å²) in [7, 11) is 0. The number of thioether (sulfide) groups is 1. The summed E-state index contributed by atoms with van der Waals surface area (Å²) in [6, 6.07) is 23.8. The second-order valence-electron chi connectivity index (χ2n) is 10.5. The summed E-state index contributed by atoms with van der Waals surface area (Å²) in [4.78, 5) is 28.6. The zero-order valence-corrected chi connectivity index (χ0v) is 24.7. The third kappa shape index (κ3) is 5.67. The molecule has 0 aliphatic carbocycles. The Morgan fingerprint density at radius 2 is 1.82 bits per heavy atom. The molecule has 1 N–H and O–H groups in total. The van der Waals surface area contributed by atoms with Gasteiger partial charge in [-0.3, -0.25) is 14.5 Å². The van der Waals surface area contributed by atoms with Crippen molar-refractivity contribution >= 4 is 41.0 Å². The van der Waals surface area contributed by atoms with Crippen molar-refractivity contribution in [1.82, 2.24) is 15.1 Å². The van der Waals surface area contributed by atoms with E-state index in [1.807, 2.05) is 85.3 Å². The van der Waals surface area contributed by atoms with Gasteiger partial charge in [0, 0.05) is 22.7 Å². The minimum atomic E-state index is -0.226. The molecule has 0 saturated heterocycles. The van der Waals surface area contributed by atoms with Gasteiger partial charge in [0.25, 0.3) is 0 Å². The molecule has 6 nitrogen and oxygen atoms in total. The average Bonchev–Trinajstić information content (AvgIpc) is 3.25. The number of hydrogen-bond acceptors (Lipinski definition) is 4. The van der Waals surface area contributed by atoms with Crippen molar-refractivity contribution in [2.24, 2.45) is 5.92 Å². The fourth-order valence-electron chi connectivity index (χ4n) is 4.91. The van der Waals surface area contributed by atoms with Crippen LogP contribution < -0.4 is 10.2 Å². The number of aryl methyl sites for hydroxylation is 1. The highest BCUT2D eigenvalue weighted by Crippen LogP contribution is 2.49. The van der Waals surface area contributed by atoms with Crippen molar-refractivity contribution in [3.63, 3.8) is 0 Å². The van der Waals surface area contributed by atoms with E-state index in [1.165, 1.54) is 11.8 Å². The molecule has 206 valence electrons. The fraction of sp³-hybridized carbons (Fsp3) is 0.281. The monoisotopic (exact) mass is 572 g/mol. The van der Waals surface area contributed by atoms with Crippen molar-refractivity contribution in [2.75, 3.05) is 23.7 Å². The molecule has 0 unspecified atom stereocenters. The lowest BCUT2D eigenvalue weighted by molar-refractivity contribution is -0.123. The van der Waals surface area contributed by atoms with Gasteiger partial charge in [0.05, 0.1) is 22.4 Å². The lowest BCUT2D eigenvalue weighted by atomic mass is 9.99. The summed E-state index contributed by atoms with van der Waals surface area (Å²) in [5, 5.41) is 8.57. The van der Waals surface area contributed by atoms with E-state index in [4.69, 9.17) is 16.7 Å². The molecular weight excluding hydrogens is 540 g/mol. The second kappa shape index (κ2) is 11.9. The predicted molar refractivity (Wildman–Crippen MR) is 164 cm³/mol. The van der Waals surface area contributed by atoms with Crippen molar-refractivity contribution in [1.29, 1.82) is 0 Å². The van der Waals surface area contributed by atoms with Gasteiger partial charge in [-0.15, -0.1) is 11.8 Å². The number of amides is 2. The van der Waals surface area contributed by atoms with E-state index in [2.05, 4.69) is 25.2 Å². The van der Waals surface area contributed by atoms with Crippen LogP contribution in [0.3, 0.4) is 0 Å². The van der Waals surface area contributed by atoms with Crippen LogP contribution >= 0.6 is 23.4 Å². The Morgan fingerprint density at radius 3 is 2.55 bits per heavy atom. The zero-order valence-electron chi connectivity index (χ0n) is 23.1. The van der Waals surface area contributed by atoms with Gasteiger partial charge < -0.3 is 5.32 Å². The third-order valence-corrected chi connectivity index (χ3v) is 8.59. The Morgan fingerprint density at radius 1 is 1.07 bits per heavy atom. The highest BCUT2D eigenvalue weighted by Gasteiger charge is 2.38. The summed E-state index contributed by atoms with van der Waals surface area (Å²) in [6.45, 7) is 8.66. The highest BCUT2D eigenvalue weighted by atomic mass is 35.5. The Labute approximate surface area is 244 Å². The van der Waals surface area contributed by atoms with Gasteiger partial charge in [-0.1, -0.05) is 80.0 Å². The van der Waals surface area contributed by atoms with Gasteiger partial charge in [0.1, 0.15) is 12.4 Å². The number of rotatable bonds is 7. The van der Waals surface area contributed by atoms with Crippen molar-refractivity contribution in [2.45, 2.75) is 32.9 Å². The third-order valence-electron chi connectivity index (χ3n) is 7.10. The number of benzene rings is 3. The first kappa shape index (κ1) is 28.0. The molecule has 0 bridgehead atoms. The fourth-order valence-corrected chi connectivity index (χ4v) is 6.30. The molecule has 40 heavy (non-hydrogen) atoms. The van der Waals surface area contributed by atoms with Crippen molar-refractivity contribution in [3.8, 4) is 16.9 Å². The molecular formula is C32H33ClN4O2S. The van der Waals surface area contributed by atoms with Crippen LogP contribution in [0.25, 0.3) is 16.9 Å². The van der Waals surface area contributed by atoms with Gasteiger partial charge in [-0.2, -0.15) is 5.10 Å². The van der Waals surface area contributed by atoms with E-state index < -0.39 is 0 Å². The van der Waals surface area contributed by atoms with Crippen LogP contribution in [0.2, 0.25) is 5.02 Å². The molecule has 8 heteroatoms. The standard InChI is InChI=1S/C32H33ClN4O2S/c1-20(2)17-34-27(38)18-36-28(39)19-40-31(24-13-9-14-25(33)16-24)29-30(23-11-6-5-7-12-23)35-37(32(29)36)26-15-8-10-21(3)22(26)4/h5-16,20,31H,17-19H2,1-4H3,(H,34,38)/t31-/m0/s1. The zero-order chi connectivity index (χ0) is 28.4. The maximum atomic E-state index is 13.8. The minimum Gasteiger partial charge on any atom is -0.354 e. The largest absolute Gasteiger partial charge is 0.354 e. The predicted octanol–water partition coefficient (Wildman–Crippen LogP) is 6.75. The first-order chi connectivity index (χ1) is 19.2. The number of fused-ring (bicyclic) bond motifs is 1. The molecule has 1 aromatic heterocycles. The second-order valence-corrected chi connectivity index (χ2v) is 12.0. The molecule has 0 radical (unpaired) electrons. The maximum absolute atomic E-state index is 13.8. The Kier molecular flexibility index (Phi) is 8.33. The molecule has 5 rings (SSSR count). The Bertz CT molecular complexity index is 1550. The van der Waals surface area contributed by atoms with Gasteiger partial charge in [0.15, 0.2) is 0 Å². The molecule has 3 aromatic carbocycles. The topological polar surface area (TPSA) is 67.2 Å². The van der Waals surface area contributed by atoms with E-state index in [-0.39, 0.29) is 29.4 Å². The Balaban J connectivity index is 1.80. The molecule has 0 spiro atoms. The van der Waals surface area contributed by atoms with E-state index in [9.17, 15) is 9.59 Å². The van der Waals surface area contributed by atoms with Crippen LogP contribution in [0.1, 0.15) is 41.4 Å². The molecule has 0 saturated carbocycles. The molecule has 2 heterocycles. The number of carbonyl (C=O) groups is 2. The van der Waals surface area contributed by atoms with Crippen LogP contribution in [-0.2, 0) is 9.59 Å². The summed E-state index contributed by atoms with van der Waals surface area (Å²) in [5.41, 5.74) is 6.63. The van der Waals surface area contributed by atoms with Gasteiger partial charge in [-0.25, -0.2) is 4.68 Å². The number of hydrogen-bond donors (Lipinski definition) is 1. The van der Waals surface area contributed by atoms with Crippen molar-refractivity contribution in [3.05, 3.63) is 100 Å². The smallest absolute Gasteiger partial charge is 0.240 e. The number of carbonyl (C=O) groups excluding carboxylic acids is 2. The summed E-state index contributed by atoms with van der Waals surface area (Å²) in [6.07, 6.45) is 0. The highest BCUT2D eigenvalue weighted by molar-refractivity contribution is 8.00. The molecule has 1 atom stereocenters. The lowest BCUT2D eigenvalue weighted by Gasteiger charge is -2.24. The van der Waals surface area contributed by atoms with Crippen LogP contribution in [-0.4, -0.2) is 40.4 Å². The summed E-state index contributed by atoms with van der Waals surface area (Å²) >= 11 is 7.99. The number of nitrogens with one attached hydrogen (secondary N) is 1. The first-order valence-electron chi connectivity index (χ1n) is 13.4. The van der Waals surface area contributed by atoms with Crippen LogP contribution in [0.15, 0.2) is 72.8 Å². The van der Waals surface area contributed by atoms with Gasteiger partial charge in [0.2, 0.25) is 11.8 Å². The normalized spacial score (nSPS) is 15.2. The van der Waals surface area contributed by atoms with E-state index in [0.717, 1.165) is 39.2 Å². The molecule has 2 amide bonds. The minimum absolute atomic E-state index is 0.0911. The average molecular weight is 573 g/mol. The molecule has 1 aliphatic heterocycles. The van der Waals surface area contributed by atoms with E-state index in [0.29, 0.717) is 23.3 Å². The Hall–Kier alpha value is -3.55. The summed E-state index contributed by atoms with van der Waals surface area (Å²) in [5.74, 6) is 0.792. The number of anilines is 1. The van der Waals surface area contributed by atoms with E-state index >= 15 is 0 Å². The quantitative estimate of drug-likeness (QED) is 0.266. The molecule has 0 fully saturated rings. The number of aromatic nitrogens is 2. The lowest BCUT2D eigenvalue weighted by Crippen LogP contribution is -2.43. The SMILES string of the molecule is Cc1cccc(-n2nc(-c3ccccc3)c3c2N(CC(=O)NCC(C)C)C(=O)CS[C@H]3c2cccc(Cl)c2)c1C. The number of nitrogens with zero attached hydrogens (tertiary/aromatic N) is 3. The molecule has 1 aliphatic rings. The van der Waals surface area contributed by atoms with Gasteiger partial charge in [-0.05, 0) is 54.7 Å². The van der Waals surface area contributed by atoms with Crippen LogP contribution in [0, 0.1) is 19.8 Å². The number of halogens is 1.